The number of rotatable bonds is 5. The molecule has 17 heavy (non-hydrogen) atoms. The fraction of sp³-hybridized carbons (Fsp3) is 0.417. The SMILES string of the molecule is CCC(CCO)NC(=O)c1cc(I)ccc1Br. The number of aliphatic hydroxyl groups is 1. The van der Waals surface area contributed by atoms with Crippen LogP contribution in [0.15, 0.2) is 22.7 Å². The third-order valence-corrected chi connectivity index (χ3v) is 3.84. The molecule has 0 fully saturated rings. The molecule has 5 heteroatoms. The van der Waals surface area contributed by atoms with E-state index in [1.54, 1.807) is 0 Å². The zero-order valence-corrected chi connectivity index (χ0v) is 13.3. The van der Waals surface area contributed by atoms with Crippen molar-refractivity contribution in [1.29, 1.82) is 0 Å². The first-order chi connectivity index (χ1) is 8.08. The third-order valence-electron chi connectivity index (χ3n) is 2.48. The van der Waals surface area contributed by atoms with E-state index in [0.717, 1.165) is 14.5 Å². The lowest BCUT2D eigenvalue weighted by Crippen LogP contribution is -2.35. The largest absolute Gasteiger partial charge is 0.396 e. The van der Waals surface area contributed by atoms with Crippen LogP contribution in [-0.2, 0) is 0 Å². The minimum absolute atomic E-state index is 0.0252. The van der Waals surface area contributed by atoms with Crippen molar-refractivity contribution in [2.75, 3.05) is 6.61 Å². The van der Waals surface area contributed by atoms with Gasteiger partial charge in [0.25, 0.3) is 5.91 Å². The van der Waals surface area contributed by atoms with Crippen molar-refractivity contribution in [2.24, 2.45) is 0 Å². The average Bonchev–Trinajstić information content (AvgIpc) is 2.31. The van der Waals surface area contributed by atoms with Crippen molar-refractivity contribution in [1.82, 2.24) is 5.32 Å². The molecule has 0 aliphatic carbocycles. The van der Waals surface area contributed by atoms with Crippen molar-refractivity contribution in [3.8, 4) is 0 Å². The maximum absolute atomic E-state index is 12.0. The van der Waals surface area contributed by atoms with E-state index >= 15 is 0 Å². The molecule has 0 bridgehead atoms. The number of nitrogens with one attached hydrogen (secondary N) is 1. The van der Waals surface area contributed by atoms with Gasteiger partial charge in [-0.1, -0.05) is 6.92 Å². The molecular weight excluding hydrogens is 397 g/mol. The van der Waals surface area contributed by atoms with Crippen LogP contribution in [0, 0.1) is 3.57 Å². The Hall–Kier alpha value is -0.140. The smallest absolute Gasteiger partial charge is 0.252 e. The molecule has 0 aromatic heterocycles. The Balaban J connectivity index is 2.78. The molecule has 1 amide bonds. The van der Waals surface area contributed by atoms with Gasteiger partial charge in [0.2, 0.25) is 0 Å². The summed E-state index contributed by atoms with van der Waals surface area (Å²) in [7, 11) is 0. The summed E-state index contributed by atoms with van der Waals surface area (Å²) in [6, 6.07) is 5.67. The third kappa shape index (κ3) is 4.56. The Bertz CT molecular complexity index is 398. The number of hydrogen-bond donors (Lipinski definition) is 2. The van der Waals surface area contributed by atoms with E-state index in [1.165, 1.54) is 0 Å². The number of aliphatic hydroxyl groups excluding tert-OH is 1. The first-order valence-corrected chi connectivity index (χ1v) is 7.32. The topological polar surface area (TPSA) is 49.3 Å². The van der Waals surface area contributed by atoms with Crippen LogP contribution in [0.25, 0.3) is 0 Å². The summed E-state index contributed by atoms with van der Waals surface area (Å²) >= 11 is 5.54. The molecule has 1 atom stereocenters. The summed E-state index contributed by atoms with van der Waals surface area (Å²) in [6.45, 7) is 2.08. The summed E-state index contributed by atoms with van der Waals surface area (Å²) in [5.41, 5.74) is 0.633. The molecule has 0 saturated heterocycles. The molecule has 0 heterocycles. The predicted octanol–water partition coefficient (Wildman–Crippen LogP) is 2.94. The zero-order chi connectivity index (χ0) is 12.8. The summed E-state index contributed by atoms with van der Waals surface area (Å²) in [5.74, 6) is -0.101. The van der Waals surface area contributed by atoms with E-state index in [-0.39, 0.29) is 18.6 Å². The van der Waals surface area contributed by atoms with Crippen LogP contribution >= 0.6 is 38.5 Å². The molecule has 0 saturated carbocycles. The average molecular weight is 412 g/mol. The van der Waals surface area contributed by atoms with Gasteiger partial charge in [0.15, 0.2) is 0 Å². The highest BCUT2D eigenvalue weighted by molar-refractivity contribution is 14.1. The molecular formula is C12H15BrINO2. The molecule has 1 unspecified atom stereocenters. The molecule has 0 radical (unpaired) electrons. The Kier molecular flexibility index (Phi) is 6.43. The molecule has 2 N–H and O–H groups in total. The Morgan fingerprint density at radius 2 is 2.29 bits per heavy atom. The summed E-state index contributed by atoms with van der Waals surface area (Å²) < 4.78 is 1.81. The van der Waals surface area contributed by atoms with Gasteiger partial charge in [-0.3, -0.25) is 4.79 Å². The highest BCUT2D eigenvalue weighted by Gasteiger charge is 2.14. The zero-order valence-electron chi connectivity index (χ0n) is 9.54. The standard InChI is InChI=1S/C12H15BrINO2/c1-2-9(5-6-16)15-12(17)10-7-8(14)3-4-11(10)13/h3-4,7,9,16H,2,5-6H2,1H3,(H,15,17). The predicted molar refractivity (Wildman–Crippen MR) is 80.1 cm³/mol. The van der Waals surface area contributed by atoms with Crippen molar-refractivity contribution in [3.63, 3.8) is 0 Å². The number of amides is 1. The normalized spacial score (nSPS) is 12.2. The molecule has 94 valence electrons. The summed E-state index contributed by atoms with van der Waals surface area (Å²) in [6.07, 6.45) is 1.40. The van der Waals surface area contributed by atoms with Gasteiger partial charge < -0.3 is 10.4 Å². The van der Waals surface area contributed by atoms with Crippen LogP contribution in [0.3, 0.4) is 0 Å². The van der Waals surface area contributed by atoms with Gasteiger partial charge >= 0.3 is 0 Å². The van der Waals surface area contributed by atoms with Crippen molar-refractivity contribution >= 4 is 44.4 Å². The van der Waals surface area contributed by atoms with Crippen LogP contribution < -0.4 is 5.32 Å². The maximum atomic E-state index is 12.0. The van der Waals surface area contributed by atoms with E-state index in [9.17, 15) is 4.79 Å². The highest BCUT2D eigenvalue weighted by Crippen LogP contribution is 2.19. The van der Waals surface area contributed by atoms with E-state index in [1.807, 2.05) is 25.1 Å². The minimum atomic E-state index is -0.101. The molecule has 0 spiro atoms. The van der Waals surface area contributed by atoms with Gasteiger partial charge in [0, 0.05) is 20.7 Å². The van der Waals surface area contributed by atoms with E-state index in [4.69, 9.17) is 5.11 Å². The van der Waals surface area contributed by atoms with Gasteiger partial charge in [0.05, 0.1) is 5.56 Å². The van der Waals surface area contributed by atoms with E-state index in [0.29, 0.717) is 12.0 Å². The Morgan fingerprint density at radius 3 is 2.88 bits per heavy atom. The molecule has 0 aliphatic rings. The fourth-order valence-electron chi connectivity index (χ4n) is 1.47. The Labute approximate surface area is 123 Å². The van der Waals surface area contributed by atoms with Crippen molar-refractivity contribution in [3.05, 3.63) is 31.8 Å². The van der Waals surface area contributed by atoms with Crippen LogP contribution in [0.4, 0.5) is 0 Å². The molecule has 1 aromatic rings. The van der Waals surface area contributed by atoms with E-state index < -0.39 is 0 Å². The van der Waals surface area contributed by atoms with Gasteiger partial charge in [-0.25, -0.2) is 0 Å². The Morgan fingerprint density at radius 1 is 1.59 bits per heavy atom. The maximum Gasteiger partial charge on any atom is 0.252 e. The van der Waals surface area contributed by atoms with Crippen LogP contribution in [0.1, 0.15) is 30.1 Å². The number of carbonyl (C=O) groups excluding carboxylic acids is 1. The van der Waals surface area contributed by atoms with Crippen LogP contribution in [0.5, 0.6) is 0 Å². The van der Waals surface area contributed by atoms with Crippen molar-refractivity contribution in [2.45, 2.75) is 25.8 Å². The second-order valence-corrected chi connectivity index (χ2v) is 5.82. The van der Waals surface area contributed by atoms with Gasteiger partial charge in [0.1, 0.15) is 0 Å². The monoisotopic (exact) mass is 411 g/mol. The van der Waals surface area contributed by atoms with Gasteiger partial charge in [-0.2, -0.15) is 0 Å². The van der Waals surface area contributed by atoms with Crippen molar-refractivity contribution < 1.29 is 9.90 Å². The number of hydrogen-bond acceptors (Lipinski definition) is 2. The second-order valence-electron chi connectivity index (χ2n) is 3.72. The van der Waals surface area contributed by atoms with Gasteiger partial charge in [-0.15, -0.1) is 0 Å². The molecule has 3 nitrogen and oxygen atoms in total. The van der Waals surface area contributed by atoms with Gasteiger partial charge in [-0.05, 0) is 69.6 Å². The van der Waals surface area contributed by atoms with E-state index in [2.05, 4.69) is 43.8 Å². The first kappa shape index (κ1) is 14.9. The fourth-order valence-corrected chi connectivity index (χ4v) is 2.39. The second kappa shape index (κ2) is 7.33. The van der Waals surface area contributed by atoms with Crippen LogP contribution in [-0.4, -0.2) is 23.7 Å². The highest BCUT2D eigenvalue weighted by atomic mass is 127. The molecule has 1 aromatic carbocycles. The first-order valence-electron chi connectivity index (χ1n) is 5.45. The molecule has 0 aliphatic heterocycles. The quantitative estimate of drug-likeness (QED) is 0.732. The number of halogens is 2. The number of benzene rings is 1. The summed E-state index contributed by atoms with van der Waals surface area (Å²) in [5, 5.41) is 11.8. The molecule has 1 rings (SSSR count). The lowest BCUT2D eigenvalue weighted by atomic mass is 10.1. The summed E-state index contributed by atoms with van der Waals surface area (Å²) in [4.78, 5) is 12.0. The minimum Gasteiger partial charge on any atom is -0.396 e. The lowest BCUT2D eigenvalue weighted by Gasteiger charge is -2.16. The number of carbonyl (C=O) groups is 1. The van der Waals surface area contributed by atoms with Crippen LogP contribution in [0.2, 0.25) is 0 Å². The lowest BCUT2D eigenvalue weighted by molar-refractivity contribution is 0.0928.